The molecule has 1 aromatic heterocycles. The van der Waals surface area contributed by atoms with Gasteiger partial charge in [-0.1, -0.05) is 48.0 Å². The van der Waals surface area contributed by atoms with Gasteiger partial charge in [0, 0.05) is 26.4 Å². The summed E-state index contributed by atoms with van der Waals surface area (Å²) in [5, 5.41) is 4.07. The fourth-order valence-corrected chi connectivity index (χ4v) is 3.77. The van der Waals surface area contributed by atoms with Crippen LogP contribution in [-0.2, 0) is 5.75 Å². The molecule has 0 N–H and O–H groups in total. The van der Waals surface area contributed by atoms with E-state index in [-0.39, 0.29) is 0 Å². The third kappa shape index (κ3) is 3.59. The van der Waals surface area contributed by atoms with Gasteiger partial charge in [-0.25, -0.2) is 4.98 Å². The molecular formula is C14H16BrNS2. The molecule has 0 aliphatic heterocycles. The molecule has 1 heterocycles. The van der Waals surface area contributed by atoms with Crippen LogP contribution in [0.1, 0.15) is 25.3 Å². The average Bonchev–Trinajstić information content (AvgIpc) is 2.85. The van der Waals surface area contributed by atoms with E-state index in [0.717, 1.165) is 15.9 Å². The summed E-state index contributed by atoms with van der Waals surface area (Å²) in [6, 6.07) is 8.24. The third-order valence-electron chi connectivity index (χ3n) is 2.77. The summed E-state index contributed by atoms with van der Waals surface area (Å²) in [5.74, 6) is 1.02. The van der Waals surface area contributed by atoms with Gasteiger partial charge in [-0.2, -0.15) is 11.8 Å². The van der Waals surface area contributed by atoms with Gasteiger partial charge in [-0.3, -0.25) is 0 Å². The van der Waals surface area contributed by atoms with Crippen molar-refractivity contribution in [3.8, 4) is 11.3 Å². The minimum atomic E-state index is 0.709. The summed E-state index contributed by atoms with van der Waals surface area (Å²) in [5.41, 5.74) is 2.25. The van der Waals surface area contributed by atoms with E-state index >= 15 is 0 Å². The predicted octanol–water partition coefficient (Wildman–Crippen LogP) is 5.60. The Morgan fingerprint density at radius 1 is 1.39 bits per heavy atom. The van der Waals surface area contributed by atoms with Crippen LogP contribution in [0.2, 0.25) is 0 Å². The fourth-order valence-electron chi connectivity index (χ4n) is 1.50. The van der Waals surface area contributed by atoms with E-state index in [4.69, 9.17) is 4.98 Å². The largest absolute Gasteiger partial charge is 0.240 e. The van der Waals surface area contributed by atoms with Crippen molar-refractivity contribution in [1.29, 1.82) is 0 Å². The topological polar surface area (TPSA) is 12.9 Å². The second kappa shape index (κ2) is 6.73. The maximum absolute atomic E-state index is 4.72. The Morgan fingerprint density at radius 2 is 2.17 bits per heavy atom. The van der Waals surface area contributed by atoms with Gasteiger partial charge in [0.15, 0.2) is 0 Å². The highest BCUT2D eigenvalue weighted by molar-refractivity contribution is 9.10. The number of hydrogen-bond acceptors (Lipinski definition) is 3. The molecule has 96 valence electrons. The Hall–Kier alpha value is -0.320. The molecule has 1 nitrogen and oxygen atoms in total. The molecule has 0 aliphatic rings. The van der Waals surface area contributed by atoms with Gasteiger partial charge in [0.25, 0.3) is 0 Å². The van der Waals surface area contributed by atoms with Crippen molar-refractivity contribution >= 4 is 39.0 Å². The number of thioether (sulfide) groups is 1. The van der Waals surface area contributed by atoms with Crippen molar-refractivity contribution < 1.29 is 0 Å². The second-order valence-corrected chi connectivity index (χ2v) is 7.36. The first-order valence-corrected chi connectivity index (χ1v) is 8.73. The zero-order chi connectivity index (χ0) is 13.0. The highest BCUT2D eigenvalue weighted by Crippen LogP contribution is 2.30. The molecule has 1 atom stereocenters. The summed E-state index contributed by atoms with van der Waals surface area (Å²) < 4.78 is 1.11. The van der Waals surface area contributed by atoms with Crippen LogP contribution in [0.4, 0.5) is 0 Å². The van der Waals surface area contributed by atoms with Gasteiger partial charge in [0.1, 0.15) is 5.01 Å². The molecule has 0 amide bonds. The SMILES string of the molecule is CCC(C)SCc1nc(-c2ccccc2Br)cs1. The van der Waals surface area contributed by atoms with Gasteiger partial charge in [0.2, 0.25) is 0 Å². The lowest BCUT2D eigenvalue weighted by atomic mass is 10.2. The number of hydrogen-bond donors (Lipinski definition) is 0. The molecule has 0 saturated heterocycles. The van der Waals surface area contributed by atoms with Gasteiger partial charge < -0.3 is 0 Å². The summed E-state index contributed by atoms with van der Waals surface area (Å²) in [7, 11) is 0. The Bertz CT molecular complexity index is 510. The van der Waals surface area contributed by atoms with Crippen LogP contribution in [0.15, 0.2) is 34.1 Å². The predicted molar refractivity (Wildman–Crippen MR) is 86.3 cm³/mol. The minimum absolute atomic E-state index is 0.709. The first-order chi connectivity index (χ1) is 8.70. The molecular weight excluding hydrogens is 326 g/mol. The first-order valence-electron chi connectivity index (χ1n) is 6.01. The Labute approximate surface area is 125 Å². The number of aromatic nitrogens is 1. The van der Waals surface area contributed by atoms with Crippen LogP contribution < -0.4 is 0 Å². The smallest absolute Gasteiger partial charge is 0.103 e. The molecule has 0 aliphatic carbocycles. The van der Waals surface area contributed by atoms with Gasteiger partial charge >= 0.3 is 0 Å². The molecule has 18 heavy (non-hydrogen) atoms. The average molecular weight is 342 g/mol. The second-order valence-electron chi connectivity index (χ2n) is 4.14. The molecule has 2 aromatic rings. The van der Waals surface area contributed by atoms with Gasteiger partial charge in [-0.05, 0) is 12.5 Å². The van der Waals surface area contributed by atoms with Crippen molar-refractivity contribution in [2.45, 2.75) is 31.3 Å². The van der Waals surface area contributed by atoms with Crippen LogP contribution in [-0.4, -0.2) is 10.2 Å². The number of halogens is 1. The molecule has 0 fully saturated rings. The lowest BCUT2D eigenvalue weighted by Crippen LogP contribution is -1.93. The van der Waals surface area contributed by atoms with E-state index in [1.165, 1.54) is 17.0 Å². The van der Waals surface area contributed by atoms with Crippen LogP contribution in [0, 0.1) is 0 Å². The highest BCUT2D eigenvalue weighted by Gasteiger charge is 2.08. The van der Waals surface area contributed by atoms with Crippen molar-refractivity contribution in [2.75, 3.05) is 0 Å². The standard InChI is InChI=1S/C14H16BrNS2/c1-3-10(2)17-9-14-16-13(8-18-14)11-6-4-5-7-12(11)15/h4-8,10H,3,9H2,1-2H3. The van der Waals surface area contributed by atoms with E-state index in [9.17, 15) is 0 Å². The summed E-state index contributed by atoms with van der Waals surface area (Å²) in [6.07, 6.45) is 1.22. The maximum atomic E-state index is 4.72. The zero-order valence-electron chi connectivity index (χ0n) is 10.5. The van der Waals surface area contributed by atoms with Crippen LogP contribution in [0.3, 0.4) is 0 Å². The molecule has 4 heteroatoms. The van der Waals surface area contributed by atoms with E-state index in [2.05, 4.69) is 47.3 Å². The minimum Gasteiger partial charge on any atom is -0.240 e. The normalized spacial score (nSPS) is 12.6. The monoisotopic (exact) mass is 341 g/mol. The molecule has 0 radical (unpaired) electrons. The highest BCUT2D eigenvalue weighted by atomic mass is 79.9. The van der Waals surface area contributed by atoms with Crippen molar-refractivity contribution in [1.82, 2.24) is 4.98 Å². The number of thiazole rings is 1. The molecule has 1 unspecified atom stereocenters. The maximum Gasteiger partial charge on any atom is 0.103 e. The van der Waals surface area contributed by atoms with Crippen molar-refractivity contribution in [3.05, 3.63) is 39.1 Å². The lowest BCUT2D eigenvalue weighted by Gasteiger charge is -2.05. The summed E-state index contributed by atoms with van der Waals surface area (Å²) in [6.45, 7) is 4.50. The van der Waals surface area contributed by atoms with Crippen LogP contribution in [0.5, 0.6) is 0 Å². The van der Waals surface area contributed by atoms with E-state index < -0.39 is 0 Å². The van der Waals surface area contributed by atoms with Gasteiger partial charge in [-0.15, -0.1) is 11.3 Å². The first kappa shape index (κ1) is 14.1. The fraction of sp³-hybridized carbons (Fsp3) is 0.357. The Balaban J connectivity index is 2.09. The Kier molecular flexibility index (Phi) is 5.27. The van der Waals surface area contributed by atoms with Crippen molar-refractivity contribution in [3.63, 3.8) is 0 Å². The molecule has 2 rings (SSSR count). The zero-order valence-corrected chi connectivity index (χ0v) is 13.7. The summed E-state index contributed by atoms with van der Waals surface area (Å²) in [4.78, 5) is 4.72. The number of nitrogens with zero attached hydrogens (tertiary/aromatic N) is 1. The van der Waals surface area contributed by atoms with E-state index in [1.807, 2.05) is 23.9 Å². The lowest BCUT2D eigenvalue weighted by molar-refractivity contribution is 0.905. The quantitative estimate of drug-likeness (QED) is 0.701. The third-order valence-corrected chi connectivity index (χ3v) is 5.83. The number of benzene rings is 1. The van der Waals surface area contributed by atoms with Crippen molar-refractivity contribution in [2.24, 2.45) is 0 Å². The van der Waals surface area contributed by atoms with E-state index in [1.54, 1.807) is 11.3 Å². The molecule has 1 aromatic carbocycles. The molecule has 0 spiro atoms. The van der Waals surface area contributed by atoms with Crippen LogP contribution >= 0.6 is 39.0 Å². The molecule has 0 saturated carbocycles. The number of rotatable bonds is 5. The van der Waals surface area contributed by atoms with E-state index in [0.29, 0.717) is 5.25 Å². The summed E-state index contributed by atoms with van der Waals surface area (Å²) >= 11 is 7.31. The Morgan fingerprint density at radius 3 is 2.89 bits per heavy atom. The van der Waals surface area contributed by atoms with Gasteiger partial charge in [0.05, 0.1) is 5.69 Å². The van der Waals surface area contributed by atoms with Crippen LogP contribution in [0.25, 0.3) is 11.3 Å². The molecule has 0 bridgehead atoms.